The molecule has 5 nitrogen and oxygen atoms in total. The summed E-state index contributed by atoms with van der Waals surface area (Å²) in [5.41, 5.74) is 0.833. The number of ether oxygens (including phenoxy) is 1. The fraction of sp³-hybridized carbons (Fsp3) is 0.222. The first kappa shape index (κ1) is 16.0. The monoisotopic (exact) mass is 328 g/mol. The van der Waals surface area contributed by atoms with Crippen LogP contribution in [-0.4, -0.2) is 25.5 Å². The molecule has 0 saturated carbocycles. The Morgan fingerprint density at radius 3 is 2.58 bits per heavy atom. The van der Waals surface area contributed by atoms with Gasteiger partial charge in [-0.2, -0.15) is 0 Å². The zero-order valence-corrected chi connectivity index (χ0v) is 13.2. The number of nitrogens with one attached hydrogen (secondary N) is 1. The lowest BCUT2D eigenvalue weighted by molar-refractivity contribution is -0.122. The molecule has 1 N–H and O–H groups in total. The summed E-state index contributed by atoms with van der Waals surface area (Å²) in [4.78, 5) is 26.1. The van der Waals surface area contributed by atoms with E-state index in [1.165, 1.54) is 12.1 Å². The topological polar surface area (TPSA) is 58.6 Å². The average molecular weight is 328 g/mol. The number of para-hydroxylation sites is 1. The average Bonchev–Trinajstić information content (AvgIpc) is 2.99. The number of benzene rings is 2. The van der Waals surface area contributed by atoms with E-state index in [1.54, 1.807) is 48.4 Å². The van der Waals surface area contributed by atoms with Crippen LogP contribution in [0.1, 0.15) is 6.42 Å². The Labute approximate surface area is 139 Å². The summed E-state index contributed by atoms with van der Waals surface area (Å²) < 4.78 is 18.7. The number of nitrogens with zero attached hydrogens (tertiary/aromatic N) is 1. The van der Waals surface area contributed by atoms with Gasteiger partial charge >= 0.3 is 0 Å². The molecule has 1 fully saturated rings. The van der Waals surface area contributed by atoms with Gasteiger partial charge in [-0.05, 0) is 36.4 Å². The lowest BCUT2D eigenvalue weighted by atomic mass is 10.1. The minimum absolute atomic E-state index is 0.103. The van der Waals surface area contributed by atoms with E-state index < -0.39 is 11.7 Å². The minimum Gasteiger partial charge on any atom is -0.497 e. The first-order chi connectivity index (χ1) is 11.6. The molecule has 1 saturated heterocycles. The molecule has 2 amide bonds. The molecule has 2 aromatic carbocycles. The summed E-state index contributed by atoms with van der Waals surface area (Å²) in [5.74, 6) is -0.807. The molecule has 6 heteroatoms. The Kier molecular flexibility index (Phi) is 4.46. The van der Waals surface area contributed by atoms with Crippen LogP contribution >= 0.6 is 0 Å². The fourth-order valence-corrected chi connectivity index (χ4v) is 2.69. The molecular weight excluding hydrogens is 311 g/mol. The Hall–Kier alpha value is -2.89. The molecule has 0 bridgehead atoms. The molecule has 0 aromatic heterocycles. The van der Waals surface area contributed by atoms with E-state index >= 15 is 0 Å². The second kappa shape index (κ2) is 6.70. The molecule has 0 aliphatic carbocycles. The highest BCUT2D eigenvalue weighted by molar-refractivity contribution is 6.03. The number of halogens is 1. The maximum Gasteiger partial charge on any atom is 0.229 e. The Balaban J connectivity index is 1.69. The number of hydrogen-bond acceptors (Lipinski definition) is 3. The first-order valence-corrected chi connectivity index (χ1v) is 7.58. The Bertz CT molecular complexity index is 761. The van der Waals surface area contributed by atoms with Gasteiger partial charge in [0, 0.05) is 18.7 Å². The van der Waals surface area contributed by atoms with E-state index in [1.807, 2.05) is 0 Å². The van der Waals surface area contributed by atoms with Gasteiger partial charge in [0.25, 0.3) is 0 Å². The van der Waals surface area contributed by atoms with Gasteiger partial charge in [-0.25, -0.2) is 4.39 Å². The number of anilines is 2. The molecule has 0 spiro atoms. The highest BCUT2D eigenvalue weighted by atomic mass is 19.1. The van der Waals surface area contributed by atoms with Crippen molar-refractivity contribution in [3.63, 3.8) is 0 Å². The molecule has 1 aliphatic rings. The molecule has 0 radical (unpaired) electrons. The maximum atomic E-state index is 13.6. The van der Waals surface area contributed by atoms with Crippen molar-refractivity contribution in [2.75, 3.05) is 23.9 Å². The summed E-state index contributed by atoms with van der Waals surface area (Å²) in [7, 11) is 1.57. The van der Waals surface area contributed by atoms with Crippen molar-refractivity contribution in [1.82, 2.24) is 0 Å². The first-order valence-electron chi connectivity index (χ1n) is 7.58. The molecule has 1 heterocycles. The molecule has 1 atom stereocenters. The maximum absolute atomic E-state index is 13.6. The Morgan fingerprint density at radius 1 is 1.21 bits per heavy atom. The van der Waals surface area contributed by atoms with Gasteiger partial charge in [0.15, 0.2) is 0 Å². The summed E-state index contributed by atoms with van der Waals surface area (Å²) in [5, 5.41) is 2.55. The van der Waals surface area contributed by atoms with Crippen LogP contribution in [0.5, 0.6) is 5.75 Å². The summed E-state index contributed by atoms with van der Waals surface area (Å²) >= 11 is 0. The second-order valence-electron chi connectivity index (χ2n) is 5.57. The number of carbonyl (C=O) groups excluding carboxylic acids is 2. The van der Waals surface area contributed by atoms with Crippen LogP contribution in [0.4, 0.5) is 15.8 Å². The molecule has 1 aliphatic heterocycles. The highest BCUT2D eigenvalue weighted by Crippen LogP contribution is 2.27. The third-order valence-electron chi connectivity index (χ3n) is 4.01. The summed E-state index contributed by atoms with van der Waals surface area (Å²) in [6.07, 6.45) is 0.103. The lowest BCUT2D eigenvalue weighted by Crippen LogP contribution is -2.28. The fourth-order valence-electron chi connectivity index (χ4n) is 2.69. The van der Waals surface area contributed by atoms with Gasteiger partial charge in [0.1, 0.15) is 11.6 Å². The number of methoxy groups -OCH3 is 1. The Morgan fingerprint density at radius 2 is 1.92 bits per heavy atom. The standard InChI is InChI=1S/C18H17FN2O3/c1-24-14-8-6-13(7-9-14)21-11-12(10-17(21)22)18(23)20-16-5-3-2-4-15(16)19/h2-9,12H,10-11H2,1H3,(H,20,23)/t12-/m1/s1. The second-order valence-corrected chi connectivity index (χ2v) is 5.57. The zero-order chi connectivity index (χ0) is 17.1. The van der Waals surface area contributed by atoms with Crippen LogP contribution in [0.2, 0.25) is 0 Å². The van der Waals surface area contributed by atoms with E-state index in [9.17, 15) is 14.0 Å². The lowest BCUT2D eigenvalue weighted by Gasteiger charge is -2.17. The van der Waals surface area contributed by atoms with E-state index in [2.05, 4.69) is 5.32 Å². The van der Waals surface area contributed by atoms with Crippen molar-refractivity contribution in [3.8, 4) is 5.75 Å². The third kappa shape index (κ3) is 3.22. The summed E-state index contributed by atoms with van der Waals surface area (Å²) in [6, 6.07) is 13.0. The van der Waals surface area contributed by atoms with Crippen molar-refractivity contribution in [3.05, 3.63) is 54.3 Å². The molecule has 24 heavy (non-hydrogen) atoms. The number of carbonyl (C=O) groups is 2. The van der Waals surface area contributed by atoms with Crippen LogP contribution < -0.4 is 15.0 Å². The van der Waals surface area contributed by atoms with Gasteiger partial charge < -0.3 is 15.0 Å². The zero-order valence-electron chi connectivity index (χ0n) is 13.2. The SMILES string of the molecule is COc1ccc(N2C[C@H](C(=O)Nc3ccccc3F)CC2=O)cc1. The quantitative estimate of drug-likeness (QED) is 0.939. The van der Waals surface area contributed by atoms with E-state index in [4.69, 9.17) is 4.74 Å². The smallest absolute Gasteiger partial charge is 0.229 e. The van der Waals surface area contributed by atoms with Crippen molar-refractivity contribution < 1.29 is 18.7 Å². The van der Waals surface area contributed by atoms with Crippen molar-refractivity contribution in [1.29, 1.82) is 0 Å². The predicted octanol–water partition coefficient (Wildman–Crippen LogP) is 2.83. The van der Waals surface area contributed by atoms with Gasteiger partial charge in [-0.15, -0.1) is 0 Å². The molecule has 124 valence electrons. The molecule has 2 aromatic rings. The molecule has 3 rings (SSSR count). The number of amides is 2. The van der Waals surface area contributed by atoms with E-state index in [0.717, 1.165) is 0 Å². The largest absolute Gasteiger partial charge is 0.497 e. The third-order valence-corrected chi connectivity index (χ3v) is 4.01. The van der Waals surface area contributed by atoms with Crippen LogP contribution in [0.15, 0.2) is 48.5 Å². The summed E-state index contributed by atoms with van der Waals surface area (Å²) in [6.45, 7) is 0.269. The number of rotatable bonds is 4. The molecular formula is C18H17FN2O3. The van der Waals surface area contributed by atoms with Crippen molar-refractivity contribution in [2.45, 2.75) is 6.42 Å². The van der Waals surface area contributed by atoms with Gasteiger partial charge in [-0.1, -0.05) is 12.1 Å². The van der Waals surface area contributed by atoms with E-state index in [0.29, 0.717) is 11.4 Å². The van der Waals surface area contributed by atoms with Gasteiger partial charge in [-0.3, -0.25) is 9.59 Å². The van der Waals surface area contributed by atoms with Crippen LogP contribution in [0.25, 0.3) is 0 Å². The van der Waals surface area contributed by atoms with E-state index in [-0.39, 0.29) is 30.5 Å². The van der Waals surface area contributed by atoms with Crippen LogP contribution in [0, 0.1) is 11.7 Å². The van der Waals surface area contributed by atoms with Crippen molar-refractivity contribution in [2.24, 2.45) is 5.92 Å². The molecule has 0 unspecified atom stereocenters. The van der Waals surface area contributed by atoms with Gasteiger partial charge in [0.2, 0.25) is 11.8 Å². The highest BCUT2D eigenvalue weighted by Gasteiger charge is 2.35. The van der Waals surface area contributed by atoms with Gasteiger partial charge in [0.05, 0.1) is 18.7 Å². The minimum atomic E-state index is -0.515. The number of hydrogen-bond donors (Lipinski definition) is 1. The van der Waals surface area contributed by atoms with Crippen LogP contribution in [0.3, 0.4) is 0 Å². The predicted molar refractivity (Wildman–Crippen MR) is 88.5 cm³/mol. The van der Waals surface area contributed by atoms with Crippen molar-refractivity contribution >= 4 is 23.2 Å². The normalized spacial score (nSPS) is 17.0. The van der Waals surface area contributed by atoms with Crippen LogP contribution in [-0.2, 0) is 9.59 Å².